The van der Waals surface area contributed by atoms with Gasteiger partial charge in [-0.2, -0.15) is 0 Å². The van der Waals surface area contributed by atoms with Crippen molar-refractivity contribution < 1.29 is 19.0 Å². The van der Waals surface area contributed by atoms with Crippen LogP contribution in [0.5, 0.6) is 5.75 Å². The molecule has 0 radical (unpaired) electrons. The normalized spacial score (nSPS) is 22.7. The molecule has 0 saturated carbocycles. The maximum absolute atomic E-state index is 12.8. The van der Waals surface area contributed by atoms with E-state index in [1.54, 1.807) is 7.11 Å². The molecule has 142 valence electrons. The van der Waals surface area contributed by atoms with Gasteiger partial charge in [-0.05, 0) is 24.3 Å². The Morgan fingerprint density at radius 2 is 1.50 bits per heavy atom. The Balaban J connectivity index is 1.28. The van der Waals surface area contributed by atoms with Crippen LogP contribution in [0.25, 0.3) is 0 Å². The van der Waals surface area contributed by atoms with Crippen LogP contribution in [-0.2, 0) is 9.47 Å². The largest absolute Gasteiger partial charge is 0.497 e. The average molecular weight is 361 g/mol. The number of amides is 2. The second-order valence-electron chi connectivity index (χ2n) is 7.05. The fourth-order valence-corrected chi connectivity index (χ4v) is 3.97. The molecule has 0 aliphatic carbocycles. The van der Waals surface area contributed by atoms with E-state index < -0.39 is 5.79 Å². The number of carbonyl (C=O) groups excluding carboxylic acids is 1. The molecule has 1 aromatic carbocycles. The van der Waals surface area contributed by atoms with Crippen LogP contribution in [0.4, 0.5) is 10.5 Å². The summed E-state index contributed by atoms with van der Waals surface area (Å²) in [6.07, 6.45) is 1.54. The molecule has 0 bridgehead atoms. The Bertz CT molecular complexity index is 612. The molecule has 3 aliphatic heterocycles. The Kier molecular flexibility index (Phi) is 4.91. The van der Waals surface area contributed by atoms with Crippen molar-refractivity contribution in [1.29, 1.82) is 0 Å². The van der Waals surface area contributed by atoms with E-state index in [0.29, 0.717) is 26.3 Å². The first-order valence-electron chi connectivity index (χ1n) is 9.40. The number of piperidine rings is 1. The minimum atomic E-state index is -0.427. The summed E-state index contributed by atoms with van der Waals surface area (Å²) < 4.78 is 16.7. The Labute approximate surface area is 154 Å². The van der Waals surface area contributed by atoms with Crippen molar-refractivity contribution in [1.82, 2.24) is 9.80 Å². The zero-order chi connectivity index (χ0) is 18.0. The number of likely N-dealkylation sites (tertiary alicyclic amines) is 1. The maximum atomic E-state index is 12.8. The zero-order valence-corrected chi connectivity index (χ0v) is 15.4. The fourth-order valence-electron chi connectivity index (χ4n) is 3.97. The maximum Gasteiger partial charge on any atom is 0.320 e. The van der Waals surface area contributed by atoms with Gasteiger partial charge in [-0.15, -0.1) is 0 Å². The number of benzene rings is 1. The lowest BCUT2D eigenvalue weighted by molar-refractivity contribution is -0.181. The minimum absolute atomic E-state index is 0.146. The summed E-state index contributed by atoms with van der Waals surface area (Å²) in [6, 6.07) is 8.24. The van der Waals surface area contributed by atoms with Crippen LogP contribution < -0.4 is 9.64 Å². The highest BCUT2D eigenvalue weighted by Gasteiger charge is 2.41. The Hall–Kier alpha value is -1.99. The SMILES string of the molecule is COc1ccc(N2CCN(C(=O)N3CCC4(CC3)OCCO4)CC2)cc1. The van der Waals surface area contributed by atoms with Gasteiger partial charge in [0, 0.05) is 57.8 Å². The molecule has 7 nitrogen and oxygen atoms in total. The first-order chi connectivity index (χ1) is 12.7. The van der Waals surface area contributed by atoms with Gasteiger partial charge in [0.1, 0.15) is 5.75 Å². The second kappa shape index (κ2) is 7.32. The highest BCUT2D eigenvalue weighted by molar-refractivity contribution is 5.75. The van der Waals surface area contributed by atoms with Gasteiger partial charge in [-0.3, -0.25) is 0 Å². The van der Waals surface area contributed by atoms with Gasteiger partial charge in [0.25, 0.3) is 0 Å². The summed E-state index contributed by atoms with van der Waals surface area (Å²) in [5.74, 6) is 0.435. The number of hydrogen-bond donors (Lipinski definition) is 0. The highest BCUT2D eigenvalue weighted by atomic mass is 16.7. The van der Waals surface area contributed by atoms with E-state index in [9.17, 15) is 4.79 Å². The van der Waals surface area contributed by atoms with Crippen molar-refractivity contribution in [3.8, 4) is 5.75 Å². The van der Waals surface area contributed by atoms with E-state index in [4.69, 9.17) is 14.2 Å². The van der Waals surface area contributed by atoms with Crippen LogP contribution in [0.3, 0.4) is 0 Å². The smallest absolute Gasteiger partial charge is 0.320 e. The minimum Gasteiger partial charge on any atom is -0.497 e. The van der Waals surface area contributed by atoms with E-state index in [1.807, 2.05) is 21.9 Å². The fraction of sp³-hybridized carbons (Fsp3) is 0.632. The third-order valence-corrected chi connectivity index (χ3v) is 5.60. The lowest BCUT2D eigenvalue weighted by Crippen LogP contribution is -2.56. The van der Waals surface area contributed by atoms with Crippen molar-refractivity contribution in [2.75, 3.05) is 64.5 Å². The number of anilines is 1. The summed E-state index contributed by atoms with van der Waals surface area (Å²) in [7, 11) is 1.67. The summed E-state index contributed by atoms with van der Waals surface area (Å²) in [5, 5.41) is 0. The predicted octanol–water partition coefficient (Wildman–Crippen LogP) is 1.78. The molecule has 4 rings (SSSR count). The van der Waals surface area contributed by atoms with Gasteiger partial charge in [-0.1, -0.05) is 0 Å². The van der Waals surface area contributed by atoms with Crippen LogP contribution in [-0.4, -0.2) is 81.2 Å². The van der Waals surface area contributed by atoms with Crippen molar-refractivity contribution in [3.63, 3.8) is 0 Å². The van der Waals surface area contributed by atoms with Crippen molar-refractivity contribution >= 4 is 11.7 Å². The number of hydrogen-bond acceptors (Lipinski definition) is 5. The van der Waals surface area contributed by atoms with Crippen molar-refractivity contribution in [2.24, 2.45) is 0 Å². The highest BCUT2D eigenvalue weighted by Crippen LogP contribution is 2.31. The molecule has 0 aromatic heterocycles. The number of carbonyl (C=O) groups is 1. The molecule has 1 spiro atoms. The zero-order valence-electron chi connectivity index (χ0n) is 15.4. The average Bonchev–Trinajstić information content (AvgIpc) is 3.16. The number of rotatable bonds is 2. The first kappa shape index (κ1) is 17.4. The molecule has 2 amide bonds. The monoisotopic (exact) mass is 361 g/mol. The first-order valence-corrected chi connectivity index (χ1v) is 9.40. The van der Waals surface area contributed by atoms with E-state index in [-0.39, 0.29) is 6.03 Å². The van der Waals surface area contributed by atoms with Crippen molar-refractivity contribution in [3.05, 3.63) is 24.3 Å². The second-order valence-corrected chi connectivity index (χ2v) is 7.05. The van der Waals surface area contributed by atoms with Crippen LogP contribution >= 0.6 is 0 Å². The number of methoxy groups -OCH3 is 1. The summed E-state index contributed by atoms with van der Waals surface area (Å²) >= 11 is 0. The van der Waals surface area contributed by atoms with Crippen LogP contribution in [0.15, 0.2) is 24.3 Å². The third kappa shape index (κ3) is 3.46. The molecule has 0 N–H and O–H groups in total. The molecule has 3 heterocycles. The lowest BCUT2D eigenvalue weighted by Gasteiger charge is -2.42. The number of ether oxygens (including phenoxy) is 3. The molecular weight excluding hydrogens is 334 g/mol. The van der Waals surface area contributed by atoms with Crippen LogP contribution in [0.2, 0.25) is 0 Å². The predicted molar refractivity (Wildman–Crippen MR) is 97.6 cm³/mol. The van der Waals surface area contributed by atoms with E-state index in [2.05, 4.69) is 17.0 Å². The Morgan fingerprint density at radius 1 is 0.923 bits per heavy atom. The molecule has 0 unspecified atom stereocenters. The van der Waals surface area contributed by atoms with Gasteiger partial charge >= 0.3 is 6.03 Å². The Morgan fingerprint density at radius 3 is 2.08 bits per heavy atom. The van der Waals surface area contributed by atoms with Crippen molar-refractivity contribution in [2.45, 2.75) is 18.6 Å². The topological polar surface area (TPSA) is 54.5 Å². The van der Waals surface area contributed by atoms with Gasteiger partial charge in [0.05, 0.1) is 20.3 Å². The number of nitrogens with zero attached hydrogens (tertiary/aromatic N) is 3. The quantitative estimate of drug-likeness (QED) is 0.804. The van der Waals surface area contributed by atoms with Gasteiger partial charge in [0.2, 0.25) is 0 Å². The van der Waals surface area contributed by atoms with E-state index in [1.165, 1.54) is 5.69 Å². The third-order valence-electron chi connectivity index (χ3n) is 5.60. The number of piperazine rings is 1. The lowest BCUT2D eigenvalue weighted by atomic mass is 10.0. The molecule has 1 aromatic rings. The van der Waals surface area contributed by atoms with E-state index >= 15 is 0 Å². The number of urea groups is 1. The van der Waals surface area contributed by atoms with Gasteiger partial charge in [0.15, 0.2) is 5.79 Å². The van der Waals surface area contributed by atoms with Gasteiger partial charge in [-0.25, -0.2) is 4.79 Å². The molecule has 0 atom stereocenters. The standard InChI is InChI=1S/C19H27N3O4/c1-24-17-4-2-16(3-5-17)20-10-12-22(13-11-20)18(23)21-8-6-19(7-9-21)25-14-15-26-19/h2-5H,6-15H2,1H3. The van der Waals surface area contributed by atoms with Gasteiger partial charge < -0.3 is 28.9 Å². The molecule has 7 heteroatoms. The van der Waals surface area contributed by atoms with E-state index in [0.717, 1.165) is 44.8 Å². The summed E-state index contributed by atoms with van der Waals surface area (Å²) in [4.78, 5) is 19.0. The van der Waals surface area contributed by atoms with Crippen LogP contribution in [0.1, 0.15) is 12.8 Å². The summed E-state index contributed by atoms with van der Waals surface area (Å²) in [5.41, 5.74) is 1.17. The molecule has 3 saturated heterocycles. The molecule has 26 heavy (non-hydrogen) atoms. The summed E-state index contributed by atoms with van der Waals surface area (Å²) in [6.45, 7) is 5.95. The van der Waals surface area contributed by atoms with Crippen LogP contribution in [0, 0.1) is 0 Å². The molecule has 3 aliphatic rings. The molecular formula is C19H27N3O4. The molecule has 3 fully saturated rings.